The van der Waals surface area contributed by atoms with Crippen molar-refractivity contribution in [1.82, 2.24) is 10.6 Å². The number of hydrogen-bond acceptors (Lipinski definition) is 4. The van der Waals surface area contributed by atoms with Gasteiger partial charge in [0.1, 0.15) is 0 Å². The van der Waals surface area contributed by atoms with Gasteiger partial charge in [-0.15, -0.1) is 0 Å². The number of amides is 1. The number of hydrogen-bond donors (Lipinski definition) is 2. The molecule has 2 fully saturated rings. The van der Waals surface area contributed by atoms with Crippen LogP contribution in [0.25, 0.3) is 0 Å². The van der Waals surface area contributed by atoms with Gasteiger partial charge < -0.3 is 14.8 Å². The van der Waals surface area contributed by atoms with Gasteiger partial charge in [0.25, 0.3) is 5.91 Å². The highest BCUT2D eigenvalue weighted by Crippen LogP contribution is 2.46. The topological polar surface area (TPSA) is 72.0 Å². The van der Waals surface area contributed by atoms with Crippen molar-refractivity contribution in [3.8, 4) is 0 Å². The molecule has 1 spiro atoms. The molecule has 1 amide bonds. The molecule has 2 saturated heterocycles. The molecular weight excluding hydrogens is 246 g/mol. The van der Waals surface area contributed by atoms with E-state index in [9.17, 15) is 4.79 Å². The lowest BCUT2D eigenvalue weighted by atomic mass is 9.79. The molecule has 6 heteroatoms. The van der Waals surface area contributed by atoms with E-state index < -0.39 is 11.1 Å². The Balaban J connectivity index is 2.21. The smallest absolute Gasteiger partial charge is 0.255 e. The van der Waals surface area contributed by atoms with Crippen molar-refractivity contribution >= 4 is 11.9 Å². The van der Waals surface area contributed by atoms with Crippen LogP contribution in [0.3, 0.4) is 0 Å². The minimum absolute atomic E-state index is 0.0701. The zero-order valence-corrected chi connectivity index (χ0v) is 12.3. The number of guanidine groups is 1. The van der Waals surface area contributed by atoms with Gasteiger partial charge in [0.2, 0.25) is 0 Å². The van der Waals surface area contributed by atoms with Crippen molar-refractivity contribution in [1.29, 1.82) is 0 Å². The summed E-state index contributed by atoms with van der Waals surface area (Å²) < 4.78 is 11.0. The van der Waals surface area contributed by atoms with Gasteiger partial charge in [0.15, 0.2) is 11.5 Å². The summed E-state index contributed by atoms with van der Waals surface area (Å²) >= 11 is 0. The Morgan fingerprint density at radius 3 is 2.58 bits per heavy atom. The van der Waals surface area contributed by atoms with Gasteiger partial charge >= 0.3 is 0 Å². The number of carbonyl (C=O) groups excluding carboxylic acids is 1. The number of aliphatic imine (C=N–C) groups is 1. The number of rotatable bonds is 3. The SMILES string of the molecule is COCCN=C1NC(=O)C2(CC(C)(C)OC2(C)C)N1. The molecule has 6 nitrogen and oxygen atoms in total. The Hall–Kier alpha value is -1.14. The van der Waals surface area contributed by atoms with Crippen molar-refractivity contribution in [2.75, 3.05) is 20.3 Å². The zero-order chi connectivity index (χ0) is 14.3. The Kier molecular flexibility index (Phi) is 3.35. The van der Waals surface area contributed by atoms with E-state index in [1.807, 2.05) is 27.7 Å². The van der Waals surface area contributed by atoms with Crippen LogP contribution < -0.4 is 10.6 Å². The van der Waals surface area contributed by atoms with E-state index in [-0.39, 0.29) is 11.5 Å². The predicted octanol–water partition coefficient (Wildman–Crippen LogP) is 0.424. The number of carbonyl (C=O) groups is 1. The summed E-state index contributed by atoms with van der Waals surface area (Å²) in [6.07, 6.45) is 0.613. The predicted molar refractivity (Wildman–Crippen MR) is 72.0 cm³/mol. The highest BCUT2D eigenvalue weighted by Gasteiger charge is 2.64. The second kappa shape index (κ2) is 4.45. The first-order chi connectivity index (χ1) is 8.72. The average Bonchev–Trinajstić information content (AvgIpc) is 2.63. The van der Waals surface area contributed by atoms with Gasteiger partial charge in [-0.25, -0.2) is 0 Å². The second-order valence-corrected chi connectivity index (χ2v) is 6.26. The fraction of sp³-hybridized carbons (Fsp3) is 0.846. The van der Waals surface area contributed by atoms with Crippen molar-refractivity contribution in [2.45, 2.75) is 50.9 Å². The Morgan fingerprint density at radius 1 is 1.37 bits per heavy atom. The summed E-state index contributed by atoms with van der Waals surface area (Å²) in [5, 5.41) is 6.03. The van der Waals surface area contributed by atoms with Crippen LogP contribution >= 0.6 is 0 Å². The van der Waals surface area contributed by atoms with Gasteiger partial charge in [-0.2, -0.15) is 0 Å². The molecule has 1 unspecified atom stereocenters. The molecule has 0 aliphatic carbocycles. The van der Waals surface area contributed by atoms with E-state index in [1.54, 1.807) is 7.11 Å². The molecule has 2 N–H and O–H groups in total. The molecule has 2 rings (SSSR count). The molecule has 0 aromatic rings. The average molecular weight is 269 g/mol. The standard InChI is InChI=1S/C13H23N3O3/c1-11(2)8-13(12(3,4)19-11)9(17)15-10(16-13)14-6-7-18-5/h6-8H2,1-5H3,(H2,14,15,16,17). The van der Waals surface area contributed by atoms with Gasteiger partial charge in [0, 0.05) is 13.5 Å². The van der Waals surface area contributed by atoms with Crippen LogP contribution in [0.5, 0.6) is 0 Å². The van der Waals surface area contributed by atoms with Crippen LogP contribution in [0.1, 0.15) is 34.1 Å². The summed E-state index contributed by atoms with van der Waals surface area (Å²) in [7, 11) is 1.62. The Labute approximate surface area is 113 Å². The third kappa shape index (κ3) is 2.34. The summed E-state index contributed by atoms with van der Waals surface area (Å²) in [5.41, 5.74) is -1.67. The fourth-order valence-corrected chi connectivity index (χ4v) is 3.05. The molecular formula is C13H23N3O3. The summed E-state index contributed by atoms with van der Waals surface area (Å²) in [6, 6.07) is 0. The number of methoxy groups -OCH3 is 1. The summed E-state index contributed by atoms with van der Waals surface area (Å²) in [6.45, 7) is 8.91. The third-order valence-electron chi connectivity index (χ3n) is 3.77. The van der Waals surface area contributed by atoms with Crippen LogP contribution in [-0.2, 0) is 14.3 Å². The molecule has 0 bridgehead atoms. The maximum atomic E-state index is 12.4. The minimum Gasteiger partial charge on any atom is -0.383 e. The van der Waals surface area contributed by atoms with E-state index in [0.717, 1.165) is 0 Å². The maximum Gasteiger partial charge on any atom is 0.255 e. The number of nitrogens with one attached hydrogen (secondary N) is 2. The van der Waals surface area contributed by atoms with Crippen LogP contribution in [0.2, 0.25) is 0 Å². The largest absolute Gasteiger partial charge is 0.383 e. The molecule has 0 aromatic carbocycles. The molecule has 2 aliphatic heterocycles. The van der Waals surface area contributed by atoms with Gasteiger partial charge in [-0.3, -0.25) is 15.1 Å². The van der Waals surface area contributed by atoms with Crippen LogP contribution in [0, 0.1) is 0 Å². The minimum atomic E-state index is -0.748. The molecule has 2 heterocycles. The van der Waals surface area contributed by atoms with Crippen molar-refractivity contribution in [3.05, 3.63) is 0 Å². The lowest BCUT2D eigenvalue weighted by Crippen LogP contribution is -2.59. The highest BCUT2D eigenvalue weighted by atomic mass is 16.5. The van der Waals surface area contributed by atoms with E-state index in [1.165, 1.54) is 0 Å². The maximum absolute atomic E-state index is 12.4. The van der Waals surface area contributed by atoms with Gasteiger partial charge in [0.05, 0.1) is 24.4 Å². The molecule has 1 atom stereocenters. The number of ether oxygens (including phenoxy) is 2. The van der Waals surface area contributed by atoms with Gasteiger partial charge in [-0.1, -0.05) is 0 Å². The normalized spacial score (nSPS) is 33.7. The Bertz CT molecular complexity index is 417. The molecule has 0 aromatic heterocycles. The first-order valence-corrected chi connectivity index (χ1v) is 6.56. The zero-order valence-electron chi connectivity index (χ0n) is 12.3. The summed E-state index contributed by atoms with van der Waals surface area (Å²) in [4.78, 5) is 16.7. The van der Waals surface area contributed by atoms with Crippen LogP contribution in [0.15, 0.2) is 4.99 Å². The van der Waals surface area contributed by atoms with Crippen molar-refractivity contribution in [2.24, 2.45) is 4.99 Å². The monoisotopic (exact) mass is 269 g/mol. The molecule has 0 radical (unpaired) electrons. The lowest BCUT2D eigenvalue weighted by molar-refractivity contribution is -0.131. The van der Waals surface area contributed by atoms with Gasteiger partial charge in [-0.05, 0) is 27.7 Å². The van der Waals surface area contributed by atoms with E-state index in [4.69, 9.17) is 9.47 Å². The summed E-state index contributed by atoms with van der Waals surface area (Å²) in [5.74, 6) is 0.440. The van der Waals surface area contributed by atoms with Crippen LogP contribution in [0.4, 0.5) is 0 Å². The third-order valence-corrected chi connectivity index (χ3v) is 3.77. The van der Waals surface area contributed by atoms with E-state index >= 15 is 0 Å². The van der Waals surface area contributed by atoms with Crippen molar-refractivity contribution < 1.29 is 14.3 Å². The van der Waals surface area contributed by atoms with E-state index in [0.29, 0.717) is 25.5 Å². The van der Waals surface area contributed by atoms with Crippen molar-refractivity contribution in [3.63, 3.8) is 0 Å². The number of nitrogens with zero attached hydrogens (tertiary/aromatic N) is 1. The Morgan fingerprint density at radius 2 is 2.05 bits per heavy atom. The lowest BCUT2D eigenvalue weighted by Gasteiger charge is -2.33. The first kappa shape index (κ1) is 14.3. The second-order valence-electron chi connectivity index (χ2n) is 6.26. The van der Waals surface area contributed by atoms with E-state index in [2.05, 4.69) is 15.6 Å². The fourth-order valence-electron chi connectivity index (χ4n) is 3.05. The highest BCUT2D eigenvalue weighted by molar-refractivity contribution is 6.10. The van der Waals surface area contributed by atoms with Crippen LogP contribution in [-0.4, -0.2) is 48.9 Å². The molecule has 2 aliphatic rings. The quantitative estimate of drug-likeness (QED) is 0.729. The molecule has 19 heavy (non-hydrogen) atoms. The molecule has 0 saturated carbocycles. The first-order valence-electron chi connectivity index (χ1n) is 6.56. The molecule has 108 valence electrons.